The third-order valence-corrected chi connectivity index (χ3v) is 2.72. The first kappa shape index (κ1) is 16.8. The average molecular weight is 247 g/mol. The van der Waals surface area contributed by atoms with Gasteiger partial charge in [0.25, 0.3) is 0 Å². The summed E-state index contributed by atoms with van der Waals surface area (Å²) in [5, 5.41) is 0. The van der Waals surface area contributed by atoms with Crippen LogP contribution in [0.15, 0.2) is 0 Å². The maximum Gasteiger partial charge on any atom is 0.0707 e. The van der Waals surface area contributed by atoms with E-state index >= 15 is 0 Å². The molecule has 0 bridgehead atoms. The van der Waals surface area contributed by atoms with E-state index in [1.165, 1.54) is 0 Å². The summed E-state index contributed by atoms with van der Waals surface area (Å²) in [5.74, 6) is 0. The van der Waals surface area contributed by atoms with Crippen LogP contribution in [-0.2, 0) is 14.2 Å². The molecule has 0 aliphatic carbocycles. The van der Waals surface area contributed by atoms with Gasteiger partial charge in [0, 0.05) is 7.11 Å². The number of hydrogen-bond acceptors (Lipinski definition) is 4. The van der Waals surface area contributed by atoms with Gasteiger partial charge in [-0.2, -0.15) is 0 Å². The first-order chi connectivity index (χ1) is 7.83. The fourth-order valence-corrected chi connectivity index (χ4v) is 1.47. The lowest BCUT2D eigenvalue weighted by Gasteiger charge is -2.29. The molecule has 0 aliphatic heterocycles. The van der Waals surface area contributed by atoms with Crippen LogP contribution in [0.5, 0.6) is 0 Å². The highest BCUT2D eigenvalue weighted by Crippen LogP contribution is 2.18. The Kier molecular flexibility index (Phi) is 7.96. The molecule has 0 aromatic rings. The minimum Gasteiger partial charge on any atom is -0.382 e. The van der Waals surface area contributed by atoms with Crippen LogP contribution in [0.2, 0.25) is 0 Å². The van der Waals surface area contributed by atoms with Crippen molar-refractivity contribution < 1.29 is 14.2 Å². The van der Waals surface area contributed by atoms with Crippen LogP contribution in [-0.4, -0.2) is 44.7 Å². The van der Waals surface area contributed by atoms with E-state index in [0.717, 1.165) is 12.8 Å². The Morgan fingerprint density at radius 3 is 1.88 bits per heavy atom. The first-order valence-corrected chi connectivity index (χ1v) is 6.30. The summed E-state index contributed by atoms with van der Waals surface area (Å²) < 4.78 is 16.5. The minimum atomic E-state index is -0.169. The quantitative estimate of drug-likeness (QED) is 0.600. The normalized spacial score (nSPS) is 13.1. The standard InChI is InChI=1S/C13H29NO3/c1-12(2,6-8-14)16-9-7-13(3,4)17-11-10-15-5/h6-11,14H2,1-5H3. The van der Waals surface area contributed by atoms with E-state index < -0.39 is 0 Å². The Bertz CT molecular complexity index is 193. The van der Waals surface area contributed by atoms with Crippen LogP contribution in [0.25, 0.3) is 0 Å². The van der Waals surface area contributed by atoms with Crippen molar-refractivity contribution in [2.75, 3.05) is 33.5 Å². The van der Waals surface area contributed by atoms with Gasteiger partial charge in [-0.1, -0.05) is 0 Å². The van der Waals surface area contributed by atoms with E-state index in [4.69, 9.17) is 19.9 Å². The molecule has 0 unspecified atom stereocenters. The second-order valence-electron chi connectivity index (χ2n) is 5.50. The smallest absolute Gasteiger partial charge is 0.0707 e. The second-order valence-corrected chi connectivity index (χ2v) is 5.50. The van der Waals surface area contributed by atoms with E-state index in [0.29, 0.717) is 26.4 Å². The molecule has 104 valence electrons. The average Bonchev–Trinajstić information content (AvgIpc) is 2.16. The number of rotatable bonds is 10. The molecule has 4 heteroatoms. The first-order valence-electron chi connectivity index (χ1n) is 6.30. The fourth-order valence-electron chi connectivity index (χ4n) is 1.47. The predicted octanol–water partition coefficient (Wildman–Crippen LogP) is 1.96. The molecule has 2 N–H and O–H groups in total. The Hall–Kier alpha value is -0.160. The second kappa shape index (κ2) is 8.03. The lowest BCUT2D eigenvalue weighted by Crippen LogP contribution is -2.32. The summed E-state index contributed by atoms with van der Waals surface area (Å²) in [7, 11) is 1.68. The number of nitrogens with two attached hydrogens (primary N) is 1. The van der Waals surface area contributed by atoms with Gasteiger partial charge in [0.05, 0.1) is 31.0 Å². The van der Waals surface area contributed by atoms with Gasteiger partial charge in [-0.3, -0.25) is 0 Å². The molecule has 0 aromatic heterocycles. The summed E-state index contributed by atoms with van der Waals surface area (Å²) in [6, 6.07) is 0. The van der Waals surface area contributed by atoms with Gasteiger partial charge in [0.1, 0.15) is 0 Å². The van der Waals surface area contributed by atoms with Crippen LogP contribution in [0.4, 0.5) is 0 Å². The third-order valence-electron chi connectivity index (χ3n) is 2.72. The van der Waals surface area contributed by atoms with Gasteiger partial charge in [-0.25, -0.2) is 0 Å². The van der Waals surface area contributed by atoms with E-state index in [2.05, 4.69) is 27.7 Å². The predicted molar refractivity (Wildman–Crippen MR) is 70.2 cm³/mol. The number of hydrogen-bond donors (Lipinski definition) is 1. The summed E-state index contributed by atoms with van der Waals surface area (Å²) in [6.45, 7) is 10.9. The molecule has 0 heterocycles. The van der Waals surface area contributed by atoms with Crippen LogP contribution < -0.4 is 5.73 Å². The van der Waals surface area contributed by atoms with E-state index in [1.54, 1.807) is 7.11 Å². The van der Waals surface area contributed by atoms with Crippen molar-refractivity contribution in [3.63, 3.8) is 0 Å². The molecule has 0 amide bonds. The zero-order valence-electron chi connectivity index (χ0n) is 12.0. The SMILES string of the molecule is COCCOC(C)(C)CCOC(C)(C)CCN. The number of methoxy groups -OCH3 is 1. The Morgan fingerprint density at radius 2 is 1.35 bits per heavy atom. The molecule has 0 spiro atoms. The van der Waals surface area contributed by atoms with Crippen LogP contribution in [0, 0.1) is 0 Å². The van der Waals surface area contributed by atoms with Crippen molar-refractivity contribution in [2.24, 2.45) is 5.73 Å². The highest BCUT2D eigenvalue weighted by molar-refractivity contribution is 4.72. The zero-order valence-corrected chi connectivity index (χ0v) is 12.0. The summed E-state index contributed by atoms with van der Waals surface area (Å²) in [5.41, 5.74) is 5.22. The van der Waals surface area contributed by atoms with Crippen molar-refractivity contribution >= 4 is 0 Å². The molecule has 0 fully saturated rings. The van der Waals surface area contributed by atoms with Crippen LogP contribution in [0.1, 0.15) is 40.5 Å². The molecule has 0 radical (unpaired) electrons. The number of ether oxygens (including phenoxy) is 3. The monoisotopic (exact) mass is 247 g/mol. The zero-order chi connectivity index (χ0) is 13.4. The lowest BCUT2D eigenvalue weighted by molar-refractivity contribution is -0.0815. The van der Waals surface area contributed by atoms with Crippen molar-refractivity contribution in [3.05, 3.63) is 0 Å². The summed E-state index contributed by atoms with van der Waals surface area (Å²) in [6.07, 6.45) is 1.74. The van der Waals surface area contributed by atoms with Gasteiger partial charge < -0.3 is 19.9 Å². The summed E-state index contributed by atoms with van der Waals surface area (Å²) in [4.78, 5) is 0. The molecule has 0 atom stereocenters. The Labute approximate surface area is 106 Å². The van der Waals surface area contributed by atoms with E-state index in [-0.39, 0.29) is 11.2 Å². The van der Waals surface area contributed by atoms with Gasteiger partial charge in [0.15, 0.2) is 0 Å². The molecule has 4 nitrogen and oxygen atoms in total. The van der Waals surface area contributed by atoms with Gasteiger partial charge in [-0.05, 0) is 47.1 Å². The molecule has 0 saturated carbocycles. The summed E-state index contributed by atoms with van der Waals surface area (Å²) >= 11 is 0. The highest BCUT2D eigenvalue weighted by atomic mass is 16.5. The topological polar surface area (TPSA) is 53.7 Å². The van der Waals surface area contributed by atoms with Gasteiger partial charge in [-0.15, -0.1) is 0 Å². The van der Waals surface area contributed by atoms with Crippen molar-refractivity contribution in [2.45, 2.75) is 51.7 Å². The minimum absolute atomic E-state index is 0.142. The molecule has 0 aromatic carbocycles. The molecule has 17 heavy (non-hydrogen) atoms. The van der Waals surface area contributed by atoms with Crippen molar-refractivity contribution in [3.8, 4) is 0 Å². The maximum absolute atomic E-state index is 5.82. The van der Waals surface area contributed by atoms with Crippen LogP contribution >= 0.6 is 0 Å². The van der Waals surface area contributed by atoms with E-state index in [9.17, 15) is 0 Å². The van der Waals surface area contributed by atoms with Gasteiger partial charge in [0.2, 0.25) is 0 Å². The van der Waals surface area contributed by atoms with Crippen LogP contribution in [0.3, 0.4) is 0 Å². The molecule has 0 aliphatic rings. The van der Waals surface area contributed by atoms with Crippen molar-refractivity contribution in [1.29, 1.82) is 0 Å². The molecule has 0 saturated heterocycles. The molecule has 0 rings (SSSR count). The maximum atomic E-state index is 5.82. The van der Waals surface area contributed by atoms with E-state index in [1.807, 2.05) is 0 Å². The third kappa shape index (κ3) is 9.53. The largest absolute Gasteiger partial charge is 0.382 e. The Morgan fingerprint density at radius 1 is 0.824 bits per heavy atom. The lowest BCUT2D eigenvalue weighted by atomic mass is 10.0. The Balaban J connectivity index is 3.77. The highest BCUT2D eigenvalue weighted by Gasteiger charge is 2.22. The molecular formula is C13H29NO3. The van der Waals surface area contributed by atoms with Gasteiger partial charge >= 0.3 is 0 Å². The van der Waals surface area contributed by atoms with Crippen molar-refractivity contribution in [1.82, 2.24) is 0 Å². The molecular weight excluding hydrogens is 218 g/mol. The fraction of sp³-hybridized carbons (Fsp3) is 1.00.